The number of anilines is 1. The smallest absolute Gasteiger partial charge is 0.401 e. The number of aromatic nitrogens is 1. The van der Waals surface area contributed by atoms with E-state index in [9.17, 15) is 30.8 Å². The molecule has 2 aliphatic rings. The summed E-state index contributed by atoms with van der Waals surface area (Å²) in [7, 11) is -2.70. The van der Waals surface area contributed by atoms with Gasteiger partial charge in [-0.05, 0) is 30.7 Å². The number of hydrogen-bond acceptors (Lipinski definition) is 5. The molecular weight excluding hydrogens is 468 g/mol. The number of amides is 1. The van der Waals surface area contributed by atoms with E-state index < -0.39 is 46.4 Å². The number of rotatable bonds is 3. The average molecular weight is 490 g/mol. The summed E-state index contributed by atoms with van der Waals surface area (Å²) in [6, 6.07) is 3.23. The highest BCUT2D eigenvalue weighted by molar-refractivity contribution is 7.89. The second-order valence-corrected chi connectivity index (χ2v) is 9.99. The maximum Gasteiger partial charge on any atom is 0.401 e. The molecule has 2 N–H and O–H groups in total. The summed E-state index contributed by atoms with van der Waals surface area (Å²) in [5.41, 5.74) is 0.536. The maximum absolute atomic E-state index is 13.5. The van der Waals surface area contributed by atoms with Gasteiger partial charge in [-0.25, -0.2) is 17.5 Å². The molecule has 0 radical (unpaired) electrons. The number of fused-ring (bicyclic) bond motifs is 2. The molecule has 13 heteroatoms. The molecule has 0 aliphatic carbocycles. The Labute approximate surface area is 187 Å². The predicted octanol–water partition coefficient (Wildman–Crippen LogP) is 2.26. The van der Waals surface area contributed by atoms with Crippen molar-refractivity contribution >= 4 is 21.6 Å². The second-order valence-electron chi connectivity index (χ2n) is 8.31. The van der Waals surface area contributed by atoms with Crippen molar-refractivity contribution in [1.29, 1.82) is 0 Å². The van der Waals surface area contributed by atoms with Crippen molar-refractivity contribution in [2.75, 3.05) is 31.6 Å². The highest BCUT2D eigenvalue weighted by Crippen LogP contribution is 2.35. The maximum atomic E-state index is 13.5. The van der Waals surface area contributed by atoms with Gasteiger partial charge >= 0.3 is 6.18 Å². The molecule has 1 fully saturated rings. The van der Waals surface area contributed by atoms with Gasteiger partial charge in [-0.15, -0.1) is 0 Å². The predicted molar refractivity (Wildman–Crippen MR) is 110 cm³/mol. The van der Waals surface area contributed by atoms with Gasteiger partial charge < -0.3 is 14.6 Å². The van der Waals surface area contributed by atoms with E-state index in [2.05, 4.69) is 10.0 Å². The van der Waals surface area contributed by atoms with E-state index in [1.807, 2.05) is 0 Å². The molecule has 3 heterocycles. The number of nitrogens with zero attached hydrogens (tertiary/aromatic N) is 2. The van der Waals surface area contributed by atoms with E-state index in [1.54, 1.807) is 0 Å². The largest absolute Gasteiger partial charge is 0.489 e. The van der Waals surface area contributed by atoms with Crippen molar-refractivity contribution in [3.05, 3.63) is 41.5 Å². The lowest BCUT2D eigenvalue weighted by atomic mass is 10.1. The van der Waals surface area contributed by atoms with Crippen LogP contribution in [-0.2, 0) is 17.1 Å². The lowest BCUT2D eigenvalue weighted by molar-refractivity contribution is -0.143. The van der Waals surface area contributed by atoms with Crippen LogP contribution in [0.3, 0.4) is 0 Å². The third-order valence-corrected chi connectivity index (χ3v) is 7.17. The van der Waals surface area contributed by atoms with Gasteiger partial charge in [-0.3, -0.25) is 9.69 Å². The minimum atomic E-state index is -4.41. The monoisotopic (exact) mass is 490 g/mol. The Bertz CT molecular complexity index is 1200. The Kier molecular flexibility index (Phi) is 5.91. The molecular formula is C20H22F4N4O4S. The van der Waals surface area contributed by atoms with Gasteiger partial charge in [0, 0.05) is 44.0 Å². The number of ether oxygens (including phenoxy) is 1. The van der Waals surface area contributed by atoms with Crippen LogP contribution >= 0.6 is 0 Å². The molecule has 2 aromatic rings. The average Bonchev–Trinajstić information content (AvgIpc) is 3.20. The quantitative estimate of drug-likeness (QED) is 0.644. The minimum Gasteiger partial charge on any atom is -0.489 e. The summed E-state index contributed by atoms with van der Waals surface area (Å²) < 4.78 is 87.4. The van der Waals surface area contributed by atoms with Crippen LogP contribution in [0.5, 0.6) is 5.75 Å². The minimum absolute atomic E-state index is 0.00868. The third kappa shape index (κ3) is 4.84. The van der Waals surface area contributed by atoms with Crippen LogP contribution in [0.1, 0.15) is 16.1 Å². The van der Waals surface area contributed by atoms with Gasteiger partial charge in [0.1, 0.15) is 10.7 Å². The van der Waals surface area contributed by atoms with E-state index in [1.165, 1.54) is 42.9 Å². The highest BCUT2D eigenvalue weighted by atomic mass is 32.2. The summed E-state index contributed by atoms with van der Waals surface area (Å²) in [4.78, 5) is 13.8. The molecule has 0 saturated carbocycles. The zero-order valence-corrected chi connectivity index (χ0v) is 18.6. The molecule has 180 valence electrons. The first-order chi connectivity index (χ1) is 15.3. The molecule has 1 amide bonds. The van der Waals surface area contributed by atoms with Crippen molar-refractivity contribution in [3.63, 3.8) is 0 Å². The Morgan fingerprint density at radius 3 is 2.70 bits per heavy atom. The number of likely N-dealkylation sites (tertiary alicyclic amines) is 1. The standard InChI is InChI=1S/C20H22F4N4O4S/c1-11-5-13(3-4-14(11)21)25-19(29)17-18-16(8-27(17)2)33(30,31)26-15-7-28(10-20(22,23)24)6-12(15)9-32-18/h3-5,8,12,15,26H,6-7,9-10H2,1-2H3,(H,25,29). The van der Waals surface area contributed by atoms with E-state index >= 15 is 0 Å². The van der Waals surface area contributed by atoms with E-state index in [0.29, 0.717) is 11.3 Å². The normalized spacial score (nSPS) is 22.6. The number of alkyl halides is 3. The Morgan fingerprint density at radius 1 is 1.30 bits per heavy atom. The van der Waals surface area contributed by atoms with Crippen molar-refractivity contribution in [2.45, 2.75) is 24.0 Å². The third-order valence-electron chi connectivity index (χ3n) is 5.69. The van der Waals surface area contributed by atoms with Crippen molar-refractivity contribution in [2.24, 2.45) is 13.0 Å². The van der Waals surface area contributed by atoms with E-state index in [-0.39, 0.29) is 36.0 Å². The molecule has 8 nitrogen and oxygen atoms in total. The number of hydrogen-bond donors (Lipinski definition) is 2. The molecule has 1 aromatic carbocycles. The number of aryl methyl sites for hydroxylation is 2. The van der Waals surface area contributed by atoms with Crippen molar-refractivity contribution < 1.29 is 35.5 Å². The summed E-state index contributed by atoms with van der Waals surface area (Å²) >= 11 is 0. The van der Waals surface area contributed by atoms with Crippen LogP contribution in [0.25, 0.3) is 0 Å². The van der Waals surface area contributed by atoms with Crippen LogP contribution in [0, 0.1) is 18.7 Å². The molecule has 4 rings (SSSR count). The van der Waals surface area contributed by atoms with Gasteiger partial charge in [0.25, 0.3) is 5.91 Å². The summed E-state index contributed by atoms with van der Waals surface area (Å²) in [6.45, 7) is 0.191. The number of nitrogens with one attached hydrogen (secondary N) is 2. The molecule has 0 bridgehead atoms. The Balaban J connectivity index is 1.61. The van der Waals surface area contributed by atoms with Gasteiger partial charge in [0.15, 0.2) is 11.4 Å². The topological polar surface area (TPSA) is 92.7 Å². The number of halogens is 4. The molecule has 0 spiro atoms. The number of benzene rings is 1. The zero-order valence-electron chi connectivity index (χ0n) is 17.7. The van der Waals surface area contributed by atoms with Crippen LogP contribution < -0.4 is 14.8 Å². The van der Waals surface area contributed by atoms with Gasteiger partial charge in [-0.2, -0.15) is 13.2 Å². The molecule has 1 aromatic heterocycles. The van der Waals surface area contributed by atoms with E-state index in [0.717, 1.165) is 4.90 Å². The lowest BCUT2D eigenvalue weighted by Gasteiger charge is -2.24. The zero-order chi connectivity index (χ0) is 24.1. The number of carbonyl (C=O) groups excluding carboxylic acids is 1. The molecule has 2 atom stereocenters. The summed E-state index contributed by atoms with van der Waals surface area (Å²) in [6.07, 6.45) is -3.20. The van der Waals surface area contributed by atoms with Crippen LogP contribution in [0.2, 0.25) is 0 Å². The van der Waals surface area contributed by atoms with Gasteiger partial charge in [0.2, 0.25) is 10.0 Å². The second kappa shape index (κ2) is 8.29. The van der Waals surface area contributed by atoms with Gasteiger partial charge in [-0.1, -0.05) is 0 Å². The fraction of sp³-hybridized carbons (Fsp3) is 0.450. The van der Waals surface area contributed by atoms with Crippen LogP contribution in [0.4, 0.5) is 23.2 Å². The molecule has 1 saturated heterocycles. The fourth-order valence-corrected chi connectivity index (χ4v) is 5.67. The molecule has 33 heavy (non-hydrogen) atoms. The lowest BCUT2D eigenvalue weighted by Crippen LogP contribution is -2.43. The SMILES string of the molecule is Cc1cc(NC(=O)c2c3c(cn2C)S(=O)(=O)NC2CN(CC(F)(F)F)CC2CO3)ccc1F. The van der Waals surface area contributed by atoms with Crippen LogP contribution in [-0.4, -0.2) is 62.3 Å². The molecule has 2 aliphatic heterocycles. The Hall–Kier alpha value is -2.64. The van der Waals surface area contributed by atoms with Gasteiger partial charge in [0.05, 0.1) is 13.2 Å². The Morgan fingerprint density at radius 2 is 2.03 bits per heavy atom. The first-order valence-corrected chi connectivity index (χ1v) is 11.5. The number of carbonyl (C=O) groups is 1. The highest BCUT2D eigenvalue weighted by Gasteiger charge is 2.43. The van der Waals surface area contributed by atoms with Crippen molar-refractivity contribution in [3.8, 4) is 5.75 Å². The van der Waals surface area contributed by atoms with Crippen LogP contribution in [0.15, 0.2) is 29.3 Å². The summed E-state index contributed by atoms with van der Waals surface area (Å²) in [5.74, 6) is -1.84. The van der Waals surface area contributed by atoms with E-state index in [4.69, 9.17) is 4.74 Å². The summed E-state index contributed by atoms with van der Waals surface area (Å²) in [5, 5.41) is 2.59. The first kappa shape index (κ1) is 23.5. The van der Waals surface area contributed by atoms with Crippen molar-refractivity contribution in [1.82, 2.24) is 14.2 Å². The number of sulfonamides is 1. The molecule has 2 unspecified atom stereocenters. The fourth-order valence-electron chi connectivity index (χ4n) is 4.18. The first-order valence-electron chi connectivity index (χ1n) is 10.0.